The molecule has 22 heavy (non-hydrogen) atoms. The topological polar surface area (TPSA) is 51.4 Å². The summed E-state index contributed by atoms with van der Waals surface area (Å²) in [6.45, 7) is 0. The summed E-state index contributed by atoms with van der Waals surface area (Å²) in [6, 6.07) is 6.96. The summed E-state index contributed by atoms with van der Waals surface area (Å²) in [7, 11) is -0.933. The molecule has 5 heteroatoms. The third kappa shape index (κ3) is 3.83. The molecule has 2 aromatic heterocycles. The highest BCUT2D eigenvalue weighted by Crippen LogP contribution is 2.28. The van der Waals surface area contributed by atoms with Gasteiger partial charge in [0.15, 0.2) is 0 Å². The summed E-state index contributed by atoms with van der Waals surface area (Å²) >= 11 is 0. The van der Waals surface area contributed by atoms with Gasteiger partial charge in [0.1, 0.15) is 5.65 Å². The number of fused-ring (bicyclic) bond motifs is 1. The maximum atomic E-state index is 12.2. The Morgan fingerprint density at radius 1 is 1.27 bits per heavy atom. The Morgan fingerprint density at radius 3 is 2.91 bits per heavy atom. The van der Waals surface area contributed by atoms with Gasteiger partial charge >= 0.3 is 0 Å². The second-order valence-corrected chi connectivity index (χ2v) is 7.67. The van der Waals surface area contributed by atoms with Crippen LogP contribution in [-0.4, -0.2) is 19.3 Å². The van der Waals surface area contributed by atoms with Crippen LogP contribution in [0.5, 0.6) is 0 Å². The zero-order valence-corrected chi connectivity index (χ0v) is 13.6. The SMILES string of the molecule is O=c1cc(CS(=O)CCCC2CCCC2)nc2ccccn12. The fraction of sp³-hybridized carbons (Fsp3) is 0.529. The fourth-order valence-electron chi connectivity index (χ4n) is 3.25. The zero-order chi connectivity index (χ0) is 15.4. The first kappa shape index (κ1) is 15.4. The average molecular weight is 318 g/mol. The quantitative estimate of drug-likeness (QED) is 0.823. The predicted octanol–water partition coefficient (Wildman–Crippen LogP) is 2.91. The summed E-state index contributed by atoms with van der Waals surface area (Å²) < 4.78 is 13.7. The molecule has 2 heterocycles. The maximum absolute atomic E-state index is 12.2. The van der Waals surface area contributed by atoms with Crippen LogP contribution in [0.4, 0.5) is 0 Å². The van der Waals surface area contributed by atoms with Gasteiger partial charge < -0.3 is 0 Å². The van der Waals surface area contributed by atoms with Gasteiger partial charge in [0.25, 0.3) is 5.56 Å². The van der Waals surface area contributed by atoms with Crippen LogP contribution in [0.3, 0.4) is 0 Å². The van der Waals surface area contributed by atoms with Gasteiger partial charge in [-0.25, -0.2) is 4.98 Å². The third-order valence-electron chi connectivity index (χ3n) is 4.39. The van der Waals surface area contributed by atoms with E-state index < -0.39 is 10.8 Å². The number of aromatic nitrogens is 2. The van der Waals surface area contributed by atoms with E-state index in [0.717, 1.165) is 12.3 Å². The summed E-state index contributed by atoms with van der Waals surface area (Å²) in [5, 5.41) is 0. The molecule has 4 nitrogen and oxygen atoms in total. The normalized spacial score (nSPS) is 17.1. The third-order valence-corrected chi connectivity index (χ3v) is 5.75. The van der Waals surface area contributed by atoms with E-state index in [0.29, 0.717) is 22.8 Å². The van der Waals surface area contributed by atoms with Crippen LogP contribution in [0.2, 0.25) is 0 Å². The molecule has 0 aromatic carbocycles. The van der Waals surface area contributed by atoms with Crippen LogP contribution >= 0.6 is 0 Å². The smallest absolute Gasteiger partial charge is 0.258 e. The lowest BCUT2D eigenvalue weighted by Crippen LogP contribution is -2.16. The molecular formula is C17H22N2O2S. The minimum atomic E-state index is -0.933. The first-order valence-corrected chi connectivity index (χ1v) is 9.53. The first-order valence-electron chi connectivity index (χ1n) is 8.05. The first-order chi connectivity index (χ1) is 10.7. The van der Waals surface area contributed by atoms with Gasteiger partial charge in [-0.2, -0.15) is 0 Å². The molecule has 2 aromatic rings. The van der Waals surface area contributed by atoms with Crippen LogP contribution < -0.4 is 5.56 Å². The van der Waals surface area contributed by atoms with Gasteiger partial charge in [-0.15, -0.1) is 0 Å². The minimum Gasteiger partial charge on any atom is -0.269 e. The number of hydrogen-bond donors (Lipinski definition) is 0. The molecule has 1 fully saturated rings. The van der Waals surface area contributed by atoms with Crippen LogP contribution in [0, 0.1) is 5.92 Å². The highest BCUT2D eigenvalue weighted by Gasteiger charge is 2.15. The van der Waals surface area contributed by atoms with Gasteiger partial charge in [0, 0.05) is 28.8 Å². The van der Waals surface area contributed by atoms with E-state index in [1.807, 2.05) is 6.07 Å². The molecule has 1 saturated carbocycles. The van der Waals surface area contributed by atoms with E-state index in [2.05, 4.69) is 4.98 Å². The Kier molecular flexibility index (Phi) is 5.03. The van der Waals surface area contributed by atoms with Crippen molar-refractivity contribution in [1.29, 1.82) is 0 Å². The average Bonchev–Trinajstić information content (AvgIpc) is 3.00. The van der Waals surface area contributed by atoms with Gasteiger partial charge in [-0.1, -0.05) is 31.7 Å². The van der Waals surface area contributed by atoms with Crippen molar-refractivity contribution in [1.82, 2.24) is 9.38 Å². The largest absolute Gasteiger partial charge is 0.269 e. The van der Waals surface area contributed by atoms with E-state index in [9.17, 15) is 9.00 Å². The number of nitrogens with zero attached hydrogens (tertiary/aromatic N) is 2. The van der Waals surface area contributed by atoms with Crippen molar-refractivity contribution >= 4 is 16.4 Å². The lowest BCUT2D eigenvalue weighted by molar-refractivity contribution is 0.497. The lowest BCUT2D eigenvalue weighted by Gasteiger charge is -2.08. The van der Waals surface area contributed by atoms with Gasteiger partial charge in [0.05, 0.1) is 11.4 Å². The molecule has 0 N–H and O–H groups in total. The molecule has 1 aliphatic rings. The van der Waals surface area contributed by atoms with Gasteiger partial charge in [0.2, 0.25) is 0 Å². The Hall–Kier alpha value is -1.49. The van der Waals surface area contributed by atoms with Crippen molar-refractivity contribution in [3.63, 3.8) is 0 Å². The molecule has 0 bridgehead atoms. The molecule has 0 spiro atoms. The molecule has 1 aliphatic carbocycles. The molecule has 0 amide bonds. The number of pyridine rings is 1. The Bertz CT molecular complexity index is 720. The van der Waals surface area contributed by atoms with Crippen molar-refractivity contribution in [2.24, 2.45) is 5.92 Å². The van der Waals surface area contributed by atoms with Crippen LogP contribution in [0.1, 0.15) is 44.2 Å². The highest BCUT2D eigenvalue weighted by molar-refractivity contribution is 7.84. The van der Waals surface area contributed by atoms with Crippen LogP contribution in [-0.2, 0) is 16.6 Å². The molecule has 0 aliphatic heterocycles. The molecular weight excluding hydrogens is 296 g/mol. The van der Waals surface area contributed by atoms with E-state index in [1.165, 1.54) is 42.6 Å². The number of rotatable bonds is 6. The van der Waals surface area contributed by atoms with Gasteiger partial charge in [-0.05, 0) is 30.9 Å². The second-order valence-electron chi connectivity index (χ2n) is 6.10. The van der Waals surface area contributed by atoms with Gasteiger partial charge in [-0.3, -0.25) is 13.4 Å². The van der Waals surface area contributed by atoms with Crippen molar-refractivity contribution in [3.05, 3.63) is 46.5 Å². The highest BCUT2D eigenvalue weighted by atomic mass is 32.2. The Morgan fingerprint density at radius 2 is 2.09 bits per heavy atom. The van der Waals surface area contributed by atoms with Crippen molar-refractivity contribution < 1.29 is 4.21 Å². The maximum Gasteiger partial charge on any atom is 0.258 e. The Labute approximate surface area is 133 Å². The standard InChI is InChI=1S/C17H22N2O2S/c20-17-12-15(18-16-9-3-4-10-19(16)17)13-22(21)11-5-8-14-6-1-2-7-14/h3-4,9-10,12,14H,1-2,5-8,11,13H2. The van der Waals surface area contributed by atoms with E-state index in [-0.39, 0.29) is 5.56 Å². The molecule has 1 unspecified atom stereocenters. The summed E-state index contributed by atoms with van der Waals surface area (Å²) in [5.74, 6) is 1.94. The van der Waals surface area contributed by atoms with Crippen LogP contribution in [0.25, 0.3) is 5.65 Å². The molecule has 0 saturated heterocycles. The molecule has 1 atom stereocenters. The zero-order valence-electron chi connectivity index (χ0n) is 12.7. The minimum absolute atomic E-state index is 0.108. The van der Waals surface area contributed by atoms with Crippen LogP contribution in [0.15, 0.2) is 35.3 Å². The number of hydrogen-bond acceptors (Lipinski definition) is 3. The molecule has 118 valence electrons. The van der Waals surface area contributed by atoms with E-state index in [1.54, 1.807) is 18.3 Å². The fourth-order valence-corrected chi connectivity index (χ4v) is 4.36. The van der Waals surface area contributed by atoms with Crippen molar-refractivity contribution in [3.8, 4) is 0 Å². The van der Waals surface area contributed by atoms with Crippen molar-refractivity contribution in [2.75, 3.05) is 5.75 Å². The van der Waals surface area contributed by atoms with E-state index in [4.69, 9.17) is 0 Å². The molecule has 0 radical (unpaired) electrons. The van der Waals surface area contributed by atoms with E-state index >= 15 is 0 Å². The van der Waals surface area contributed by atoms with Crippen molar-refractivity contribution in [2.45, 2.75) is 44.3 Å². The predicted molar refractivity (Wildman–Crippen MR) is 89.4 cm³/mol. The lowest BCUT2D eigenvalue weighted by atomic mass is 10.0. The monoisotopic (exact) mass is 318 g/mol. The molecule has 3 rings (SSSR count). The summed E-state index contributed by atoms with van der Waals surface area (Å²) in [4.78, 5) is 16.4. The summed E-state index contributed by atoms with van der Waals surface area (Å²) in [6.07, 6.45) is 9.32. The second kappa shape index (κ2) is 7.18. The summed E-state index contributed by atoms with van der Waals surface area (Å²) in [5.41, 5.74) is 1.15. The Balaban J connectivity index is 1.58.